The van der Waals surface area contributed by atoms with E-state index in [-0.39, 0.29) is 11.9 Å². The molecule has 1 heterocycles. The van der Waals surface area contributed by atoms with Crippen LogP contribution in [0.4, 0.5) is 4.39 Å². The maximum atomic E-state index is 13.4. The van der Waals surface area contributed by atoms with Crippen LogP contribution in [0.15, 0.2) is 18.2 Å². The predicted octanol–water partition coefficient (Wildman–Crippen LogP) is 3.76. The van der Waals surface area contributed by atoms with Crippen molar-refractivity contribution in [2.75, 3.05) is 5.75 Å². The minimum atomic E-state index is -0.185. The second-order valence-electron chi connectivity index (χ2n) is 5.01. The van der Waals surface area contributed by atoms with Gasteiger partial charge in [-0.1, -0.05) is 19.9 Å². The highest BCUT2D eigenvalue weighted by atomic mass is 32.2. The third-order valence-electron chi connectivity index (χ3n) is 3.42. The first-order valence-corrected chi connectivity index (χ1v) is 8.26. The Hall–Kier alpha value is -0.190. The van der Waals surface area contributed by atoms with Crippen molar-refractivity contribution in [3.63, 3.8) is 0 Å². The quantitative estimate of drug-likeness (QED) is 0.896. The molecule has 1 fully saturated rings. The smallest absolute Gasteiger partial charge is 0.123 e. The molecule has 4 heteroatoms. The second-order valence-corrected chi connectivity index (χ2v) is 8.04. The third-order valence-corrected chi connectivity index (χ3v) is 6.94. The predicted molar refractivity (Wildman–Crippen MR) is 80.8 cm³/mol. The van der Waals surface area contributed by atoms with Gasteiger partial charge in [0.05, 0.1) is 0 Å². The van der Waals surface area contributed by atoms with Crippen molar-refractivity contribution in [2.45, 2.75) is 42.6 Å². The Morgan fingerprint density at radius 2 is 2.00 bits per heavy atom. The molecule has 4 atom stereocenters. The minimum absolute atomic E-state index is 0.0770. The molecule has 0 saturated carbocycles. The molecular formula is C14H20FNS2. The zero-order valence-electron chi connectivity index (χ0n) is 11.0. The Labute approximate surface area is 117 Å². The van der Waals surface area contributed by atoms with E-state index in [1.807, 2.05) is 36.5 Å². The first-order chi connectivity index (χ1) is 8.47. The number of rotatable bonds is 2. The zero-order valence-corrected chi connectivity index (χ0v) is 12.7. The van der Waals surface area contributed by atoms with Crippen LogP contribution < -0.4 is 5.73 Å². The summed E-state index contributed by atoms with van der Waals surface area (Å²) < 4.78 is 13.4. The van der Waals surface area contributed by atoms with Crippen molar-refractivity contribution in [1.29, 1.82) is 0 Å². The molecule has 0 spiro atoms. The van der Waals surface area contributed by atoms with Crippen LogP contribution in [0.25, 0.3) is 0 Å². The Kier molecular flexibility index (Phi) is 4.62. The number of thioether (sulfide) groups is 2. The molecule has 2 N–H and O–H groups in total. The first kappa shape index (κ1) is 14.2. The largest absolute Gasteiger partial charge is 0.323 e. The van der Waals surface area contributed by atoms with Crippen LogP contribution in [-0.4, -0.2) is 21.5 Å². The van der Waals surface area contributed by atoms with Gasteiger partial charge in [0, 0.05) is 27.5 Å². The van der Waals surface area contributed by atoms with Crippen molar-refractivity contribution >= 4 is 23.5 Å². The highest BCUT2D eigenvalue weighted by Crippen LogP contribution is 2.40. The van der Waals surface area contributed by atoms with Gasteiger partial charge in [-0.2, -0.15) is 23.5 Å². The molecule has 0 radical (unpaired) electrons. The SMILES string of the molecule is Cc1cc(F)cc(C(N)C2CSC(C)C(C)S2)c1. The summed E-state index contributed by atoms with van der Waals surface area (Å²) in [6.45, 7) is 6.42. The average Bonchev–Trinajstić information content (AvgIpc) is 2.30. The van der Waals surface area contributed by atoms with E-state index in [9.17, 15) is 4.39 Å². The lowest BCUT2D eigenvalue weighted by Crippen LogP contribution is -2.34. The van der Waals surface area contributed by atoms with Gasteiger partial charge in [0.1, 0.15) is 5.82 Å². The summed E-state index contributed by atoms with van der Waals surface area (Å²) in [5.41, 5.74) is 8.18. The van der Waals surface area contributed by atoms with Gasteiger partial charge in [-0.15, -0.1) is 0 Å². The number of nitrogens with two attached hydrogens (primary N) is 1. The van der Waals surface area contributed by atoms with E-state index >= 15 is 0 Å². The van der Waals surface area contributed by atoms with Crippen LogP contribution in [0.5, 0.6) is 0 Å². The second kappa shape index (κ2) is 5.85. The summed E-state index contributed by atoms with van der Waals surface area (Å²) >= 11 is 3.91. The van der Waals surface area contributed by atoms with Gasteiger partial charge in [0.2, 0.25) is 0 Å². The Morgan fingerprint density at radius 1 is 1.28 bits per heavy atom. The fourth-order valence-corrected chi connectivity index (χ4v) is 5.22. The van der Waals surface area contributed by atoms with Crippen LogP contribution in [0.2, 0.25) is 0 Å². The Bertz CT molecular complexity index is 404. The highest BCUT2D eigenvalue weighted by Gasteiger charge is 2.30. The lowest BCUT2D eigenvalue weighted by molar-refractivity contribution is 0.616. The molecule has 18 heavy (non-hydrogen) atoms. The van der Waals surface area contributed by atoms with Crippen molar-refractivity contribution in [2.24, 2.45) is 5.73 Å². The number of aryl methyl sites for hydroxylation is 1. The first-order valence-electron chi connectivity index (χ1n) is 6.27. The van der Waals surface area contributed by atoms with Gasteiger partial charge in [0.25, 0.3) is 0 Å². The van der Waals surface area contributed by atoms with E-state index in [1.165, 1.54) is 0 Å². The summed E-state index contributed by atoms with van der Waals surface area (Å²) in [5.74, 6) is 0.864. The molecular weight excluding hydrogens is 265 g/mol. The molecule has 1 saturated heterocycles. The van der Waals surface area contributed by atoms with E-state index in [1.54, 1.807) is 12.1 Å². The molecule has 1 aromatic carbocycles. The fraction of sp³-hybridized carbons (Fsp3) is 0.571. The Morgan fingerprint density at radius 3 is 2.61 bits per heavy atom. The third kappa shape index (κ3) is 3.22. The standard InChI is InChI=1S/C14H20FNS2/c1-8-4-11(6-12(15)5-8)14(16)13-7-17-9(2)10(3)18-13/h4-6,9-10,13-14H,7,16H2,1-3H3. The molecule has 1 aliphatic rings. The molecule has 100 valence electrons. The van der Waals surface area contributed by atoms with Gasteiger partial charge < -0.3 is 5.73 Å². The van der Waals surface area contributed by atoms with E-state index in [2.05, 4.69) is 13.8 Å². The highest BCUT2D eigenvalue weighted by molar-refractivity contribution is 8.07. The summed E-state index contributed by atoms with van der Waals surface area (Å²) in [5, 5.41) is 1.66. The van der Waals surface area contributed by atoms with E-state index in [0.29, 0.717) is 15.7 Å². The fourth-order valence-electron chi connectivity index (χ4n) is 2.17. The van der Waals surface area contributed by atoms with Crippen LogP contribution in [0, 0.1) is 12.7 Å². The van der Waals surface area contributed by atoms with Crippen LogP contribution in [0.1, 0.15) is 31.0 Å². The lowest BCUT2D eigenvalue weighted by atomic mass is 10.0. The van der Waals surface area contributed by atoms with Crippen molar-refractivity contribution in [3.05, 3.63) is 35.1 Å². The monoisotopic (exact) mass is 285 g/mol. The number of hydrogen-bond donors (Lipinski definition) is 1. The summed E-state index contributed by atoms with van der Waals surface area (Å²) in [6.07, 6.45) is 0. The van der Waals surface area contributed by atoms with Crippen molar-refractivity contribution in [3.8, 4) is 0 Å². The van der Waals surface area contributed by atoms with Gasteiger partial charge in [-0.05, 0) is 30.2 Å². The van der Waals surface area contributed by atoms with Crippen LogP contribution >= 0.6 is 23.5 Å². The van der Waals surface area contributed by atoms with E-state index < -0.39 is 0 Å². The summed E-state index contributed by atoms with van der Waals surface area (Å²) in [7, 11) is 0. The van der Waals surface area contributed by atoms with Gasteiger partial charge >= 0.3 is 0 Å². The van der Waals surface area contributed by atoms with Gasteiger partial charge in [-0.3, -0.25) is 0 Å². The van der Waals surface area contributed by atoms with E-state index in [4.69, 9.17) is 5.73 Å². The van der Waals surface area contributed by atoms with E-state index in [0.717, 1.165) is 16.9 Å². The normalized spacial score (nSPS) is 30.2. The zero-order chi connectivity index (χ0) is 13.3. The molecule has 0 aromatic heterocycles. The Balaban J connectivity index is 2.13. The molecule has 1 aliphatic heterocycles. The van der Waals surface area contributed by atoms with Gasteiger partial charge in [-0.25, -0.2) is 4.39 Å². The number of halogens is 1. The topological polar surface area (TPSA) is 26.0 Å². The number of benzene rings is 1. The van der Waals surface area contributed by atoms with Crippen molar-refractivity contribution < 1.29 is 4.39 Å². The molecule has 2 rings (SSSR count). The van der Waals surface area contributed by atoms with Crippen LogP contribution in [-0.2, 0) is 0 Å². The van der Waals surface area contributed by atoms with Gasteiger partial charge in [0.15, 0.2) is 0 Å². The molecule has 0 bridgehead atoms. The molecule has 0 amide bonds. The summed E-state index contributed by atoms with van der Waals surface area (Å²) in [4.78, 5) is 0. The van der Waals surface area contributed by atoms with Crippen LogP contribution in [0.3, 0.4) is 0 Å². The summed E-state index contributed by atoms with van der Waals surface area (Å²) in [6, 6.07) is 5.04. The number of hydrogen-bond acceptors (Lipinski definition) is 3. The molecule has 1 nitrogen and oxygen atoms in total. The lowest BCUT2D eigenvalue weighted by Gasteiger charge is -2.34. The minimum Gasteiger partial charge on any atom is -0.323 e. The maximum Gasteiger partial charge on any atom is 0.123 e. The molecule has 1 aromatic rings. The van der Waals surface area contributed by atoms with Crippen molar-refractivity contribution in [1.82, 2.24) is 0 Å². The maximum absolute atomic E-state index is 13.4. The molecule has 0 aliphatic carbocycles. The average molecular weight is 285 g/mol. The molecule has 4 unspecified atom stereocenters.